The van der Waals surface area contributed by atoms with Gasteiger partial charge in [-0.3, -0.25) is 4.57 Å². The maximum absolute atomic E-state index is 14.2. The van der Waals surface area contributed by atoms with E-state index in [0.717, 1.165) is 17.1 Å². The molecule has 0 saturated heterocycles. The Kier molecular flexibility index (Phi) is 6.60. The molecule has 182 valence electrons. The number of ether oxygens (including phenoxy) is 2. The largest absolute Gasteiger partial charge is 0.493 e. The third kappa shape index (κ3) is 4.88. The van der Waals surface area contributed by atoms with Crippen LogP contribution in [0.1, 0.15) is 22.5 Å². The Morgan fingerprint density at radius 2 is 1.86 bits per heavy atom. The van der Waals surface area contributed by atoms with Crippen LogP contribution < -0.4 is 9.47 Å². The van der Waals surface area contributed by atoms with Crippen LogP contribution in [0.25, 0.3) is 29.0 Å². The molecule has 37 heavy (non-hydrogen) atoms. The number of benzene rings is 3. The molecule has 0 aliphatic carbocycles. The second kappa shape index (κ2) is 10.3. The summed E-state index contributed by atoms with van der Waals surface area (Å²) in [6.45, 7) is -0.110. The Hall–Kier alpha value is -5.03. The van der Waals surface area contributed by atoms with Gasteiger partial charge in [0.1, 0.15) is 36.0 Å². The van der Waals surface area contributed by atoms with Crippen LogP contribution in [0.15, 0.2) is 79.0 Å². The summed E-state index contributed by atoms with van der Waals surface area (Å²) in [4.78, 5) is 9.19. The number of nitriles is 1. The van der Waals surface area contributed by atoms with Crippen molar-refractivity contribution in [3.63, 3.8) is 0 Å². The molecule has 5 rings (SSSR count). The van der Waals surface area contributed by atoms with E-state index in [1.807, 2.05) is 53.1 Å². The normalized spacial score (nSPS) is 11.1. The number of fused-ring (bicyclic) bond motifs is 1. The van der Waals surface area contributed by atoms with Gasteiger partial charge in [0.15, 0.2) is 11.5 Å². The van der Waals surface area contributed by atoms with Gasteiger partial charge >= 0.3 is 0 Å². The SMILES string of the molecule is COc1cccc(/C=C/c2nc3ccccc3n2-c2ccc(C#N)cn2)c1OCc1ccc(F)cc1F. The van der Waals surface area contributed by atoms with Crippen molar-refractivity contribution >= 4 is 23.2 Å². The van der Waals surface area contributed by atoms with Crippen molar-refractivity contribution < 1.29 is 18.3 Å². The number of aromatic nitrogens is 3. The molecule has 0 unspecified atom stereocenters. The maximum atomic E-state index is 14.2. The van der Waals surface area contributed by atoms with E-state index < -0.39 is 11.6 Å². The van der Waals surface area contributed by atoms with Gasteiger partial charge in [-0.15, -0.1) is 0 Å². The quantitative estimate of drug-likeness (QED) is 0.264. The van der Waals surface area contributed by atoms with Gasteiger partial charge in [-0.05, 0) is 54.6 Å². The first-order valence-corrected chi connectivity index (χ1v) is 11.3. The molecule has 6 nitrogen and oxygen atoms in total. The number of imidazole rings is 1. The zero-order chi connectivity index (χ0) is 25.8. The third-order valence-corrected chi connectivity index (χ3v) is 5.72. The summed E-state index contributed by atoms with van der Waals surface area (Å²) in [5.41, 5.74) is 2.99. The highest BCUT2D eigenvalue weighted by Gasteiger charge is 2.14. The minimum Gasteiger partial charge on any atom is -0.493 e. The number of methoxy groups -OCH3 is 1. The molecule has 2 heterocycles. The molecule has 0 radical (unpaired) electrons. The molecular weight excluding hydrogens is 474 g/mol. The van der Waals surface area contributed by atoms with Crippen LogP contribution in [0.5, 0.6) is 11.5 Å². The second-order valence-corrected chi connectivity index (χ2v) is 8.05. The molecule has 0 spiro atoms. The molecule has 0 atom stereocenters. The number of para-hydroxylation sites is 3. The lowest BCUT2D eigenvalue weighted by molar-refractivity contribution is 0.279. The number of halogens is 2. The van der Waals surface area contributed by atoms with Gasteiger partial charge in [0.05, 0.1) is 23.7 Å². The lowest BCUT2D eigenvalue weighted by atomic mass is 10.1. The summed E-state index contributed by atoms with van der Waals surface area (Å²) in [5, 5.41) is 9.13. The summed E-state index contributed by atoms with van der Waals surface area (Å²) in [6.07, 6.45) is 5.15. The standard InChI is InChI=1S/C29H20F2N4O2/c1-36-26-8-4-5-20(29(26)37-18-21-10-12-22(30)15-23(21)31)11-14-28-34-24-6-2-3-7-25(24)35(28)27-13-9-19(16-32)17-33-27/h2-15,17H,18H2,1H3/b14-11+. The molecule has 2 aromatic heterocycles. The Labute approximate surface area is 211 Å². The third-order valence-electron chi connectivity index (χ3n) is 5.72. The van der Waals surface area contributed by atoms with Crippen molar-refractivity contribution in [1.29, 1.82) is 5.26 Å². The lowest BCUT2D eigenvalue weighted by Gasteiger charge is -2.14. The highest BCUT2D eigenvalue weighted by atomic mass is 19.1. The molecule has 0 fully saturated rings. The zero-order valence-corrected chi connectivity index (χ0v) is 19.7. The Morgan fingerprint density at radius 1 is 1.00 bits per heavy atom. The molecule has 0 amide bonds. The van der Waals surface area contributed by atoms with Gasteiger partial charge in [0.25, 0.3) is 0 Å². The number of nitrogens with zero attached hydrogens (tertiary/aromatic N) is 4. The fourth-order valence-electron chi connectivity index (χ4n) is 3.91. The van der Waals surface area contributed by atoms with E-state index in [0.29, 0.717) is 34.3 Å². The Morgan fingerprint density at radius 3 is 2.62 bits per heavy atom. The number of hydrogen-bond donors (Lipinski definition) is 0. The Bertz CT molecular complexity index is 1650. The smallest absolute Gasteiger partial charge is 0.168 e. The van der Waals surface area contributed by atoms with Crippen LogP contribution >= 0.6 is 0 Å². The van der Waals surface area contributed by atoms with Gasteiger partial charge in [-0.25, -0.2) is 18.7 Å². The van der Waals surface area contributed by atoms with Crippen LogP contribution in [0.3, 0.4) is 0 Å². The van der Waals surface area contributed by atoms with E-state index in [-0.39, 0.29) is 12.2 Å². The molecule has 0 bridgehead atoms. The first-order chi connectivity index (χ1) is 18.1. The van der Waals surface area contributed by atoms with E-state index in [4.69, 9.17) is 19.7 Å². The summed E-state index contributed by atoms with van der Waals surface area (Å²) in [7, 11) is 1.52. The van der Waals surface area contributed by atoms with E-state index in [2.05, 4.69) is 11.1 Å². The van der Waals surface area contributed by atoms with E-state index in [1.165, 1.54) is 25.4 Å². The number of hydrogen-bond acceptors (Lipinski definition) is 5. The van der Waals surface area contributed by atoms with Gasteiger partial charge in [0, 0.05) is 23.4 Å². The number of pyridine rings is 1. The van der Waals surface area contributed by atoms with Gasteiger partial charge in [0.2, 0.25) is 0 Å². The van der Waals surface area contributed by atoms with Crippen LogP contribution in [-0.4, -0.2) is 21.6 Å². The highest BCUT2D eigenvalue weighted by Crippen LogP contribution is 2.33. The number of rotatable bonds is 7. The fourth-order valence-corrected chi connectivity index (χ4v) is 3.91. The van der Waals surface area contributed by atoms with Crippen molar-refractivity contribution in [2.45, 2.75) is 6.61 Å². The highest BCUT2D eigenvalue weighted by molar-refractivity contribution is 5.82. The van der Waals surface area contributed by atoms with Crippen LogP contribution in [0.2, 0.25) is 0 Å². The molecule has 0 N–H and O–H groups in total. The minimum absolute atomic E-state index is 0.110. The zero-order valence-electron chi connectivity index (χ0n) is 19.7. The average molecular weight is 495 g/mol. The first-order valence-electron chi connectivity index (χ1n) is 11.3. The monoisotopic (exact) mass is 494 g/mol. The van der Waals surface area contributed by atoms with Gasteiger partial charge < -0.3 is 9.47 Å². The van der Waals surface area contributed by atoms with E-state index in [1.54, 1.807) is 18.2 Å². The van der Waals surface area contributed by atoms with Crippen molar-refractivity contribution in [1.82, 2.24) is 14.5 Å². The van der Waals surface area contributed by atoms with Crippen molar-refractivity contribution in [2.24, 2.45) is 0 Å². The Balaban J connectivity index is 1.53. The van der Waals surface area contributed by atoms with Crippen molar-refractivity contribution in [3.8, 4) is 23.4 Å². The summed E-state index contributed by atoms with van der Waals surface area (Å²) < 4.78 is 40.8. The summed E-state index contributed by atoms with van der Waals surface area (Å²) in [5.74, 6) is 0.756. The van der Waals surface area contributed by atoms with E-state index >= 15 is 0 Å². The topological polar surface area (TPSA) is 73.0 Å². The predicted molar refractivity (Wildman–Crippen MR) is 136 cm³/mol. The predicted octanol–water partition coefficient (Wildman–Crippen LogP) is 6.33. The van der Waals surface area contributed by atoms with Gasteiger partial charge in [-0.1, -0.05) is 24.3 Å². The minimum atomic E-state index is -0.685. The fraction of sp³-hybridized carbons (Fsp3) is 0.0690. The summed E-state index contributed by atoms with van der Waals surface area (Å²) >= 11 is 0. The van der Waals surface area contributed by atoms with Crippen LogP contribution in [0.4, 0.5) is 8.78 Å². The van der Waals surface area contributed by atoms with Crippen LogP contribution in [-0.2, 0) is 6.61 Å². The molecule has 5 aromatic rings. The molecular formula is C29H20F2N4O2. The van der Waals surface area contributed by atoms with Crippen LogP contribution in [0, 0.1) is 23.0 Å². The average Bonchev–Trinajstić information content (AvgIpc) is 3.30. The van der Waals surface area contributed by atoms with E-state index in [9.17, 15) is 8.78 Å². The second-order valence-electron chi connectivity index (χ2n) is 8.05. The summed E-state index contributed by atoms with van der Waals surface area (Å²) in [6, 6.07) is 22.0. The molecule has 3 aromatic carbocycles. The molecule has 0 aliphatic heterocycles. The first kappa shape index (κ1) is 23.7. The maximum Gasteiger partial charge on any atom is 0.168 e. The molecule has 8 heteroatoms. The van der Waals surface area contributed by atoms with Gasteiger partial charge in [-0.2, -0.15) is 5.26 Å². The molecule has 0 saturated carbocycles. The van der Waals surface area contributed by atoms with Crippen molar-refractivity contribution in [3.05, 3.63) is 113 Å². The van der Waals surface area contributed by atoms with Crippen molar-refractivity contribution in [2.75, 3.05) is 7.11 Å². The molecule has 0 aliphatic rings. The lowest BCUT2D eigenvalue weighted by Crippen LogP contribution is -2.02.